The molecule has 4 N–H and O–H groups in total. The first-order valence-corrected chi connectivity index (χ1v) is 7.74. The largest absolute Gasteiger partial charge is 0.351 e. The number of amides is 3. The van der Waals surface area contributed by atoms with Crippen LogP contribution in [0.1, 0.15) is 38.5 Å². The van der Waals surface area contributed by atoms with Crippen LogP contribution in [0.5, 0.6) is 0 Å². The van der Waals surface area contributed by atoms with Crippen molar-refractivity contribution in [2.24, 2.45) is 11.7 Å². The third kappa shape index (κ3) is 2.75. The van der Waals surface area contributed by atoms with Crippen LogP contribution in [0.3, 0.4) is 0 Å². The summed E-state index contributed by atoms with van der Waals surface area (Å²) in [6.45, 7) is 1.18. The van der Waals surface area contributed by atoms with Gasteiger partial charge >= 0.3 is 6.03 Å². The van der Waals surface area contributed by atoms with Gasteiger partial charge in [-0.25, -0.2) is 4.79 Å². The molecule has 2 heterocycles. The number of fused-ring (bicyclic) bond motifs is 1. The van der Waals surface area contributed by atoms with Crippen molar-refractivity contribution in [3.05, 3.63) is 0 Å². The van der Waals surface area contributed by atoms with Gasteiger partial charge in [0.1, 0.15) is 0 Å². The van der Waals surface area contributed by atoms with Gasteiger partial charge in [0.05, 0.1) is 6.04 Å². The first-order chi connectivity index (χ1) is 9.63. The lowest BCUT2D eigenvalue weighted by Crippen LogP contribution is -2.48. The summed E-state index contributed by atoms with van der Waals surface area (Å²) in [4.78, 5) is 25.0. The van der Waals surface area contributed by atoms with Gasteiger partial charge in [0.15, 0.2) is 0 Å². The van der Waals surface area contributed by atoms with Crippen molar-refractivity contribution >= 4 is 11.9 Å². The Balaban J connectivity index is 1.49. The van der Waals surface area contributed by atoms with Crippen molar-refractivity contribution in [2.75, 3.05) is 13.1 Å². The Morgan fingerprint density at radius 3 is 2.70 bits per heavy atom. The summed E-state index contributed by atoms with van der Waals surface area (Å²) in [7, 11) is 0. The average molecular weight is 280 g/mol. The fraction of sp³-hybridized carbons (Fsp3) is 0.857. The van der Waals surface area contributed by atoms with Gasteiger partial charge in [-0.05, 0) is 31.6 Å². The lowest BCUT2D eigenvalue weighted by molar-refractivity contribution is -0.123. The molecule has 3 fully saturated rings. The summed E-state index contributed by atoms with van der Waals surface area (Å²) in [5, 5.41) is 6.55. The van der Waals surface area contributed by atoms with Crippen LogP contribution in [-0.4, -0.2) is 48.1 Å². The summed E-state index contributed by atoms with van der Waals surface area (Å²) in [6, 6.07) is 0.141. The topological polar surface area (TPSA) is 87.5 Å². The Morgan fingerprint density at radius 2 is 2.00 bits per heavy atom. The standard InChI is InChI=1S/C14H24N4O2/c15-14(20)18-6-5-10(8-18)16-13(19)12-7-9-3-1-2-4-11(9)17-12/h9-12,17H,1-8H2,(H2,15,20)(H,16,19). The molecule has 2 saturated heterocycles. The maximum atomic E-state index is 12.3. The minimum Gasteiger partial charge on any atom is -0.351 e. The van der Waals surface area contributed by atoms with Gasteiger partial charge in [-0.3, -0.25) is 4.79 Å². The number of urea groups is 1. The van der Waals surface area contributed by atoms with Crippen LogP contribution in [0.25, 0.3) is 0 Å². The van der Waals surface area contributed by atoms with Gasteiger partial charge in [-0.2, -0.15) is 0 Å². The van der Waals surface area contributed by atoms with E-state index in [2.05, 4.69) is 10.6 Å². The van der Waals surface area contributed by atoms with Gasteiger partial charge in [0, 0.05) is 25.2 Å². The van der Waals surface area contributed by atoms with E-state index in [4.69, 9.17) is 5.73 Å². The van der Waals surface area contributed by atoms with Crippen LogP contribution in [-0.2, 0) is 4.79 Å². The van der Waals surface area contributed by atoms with E-state index in [9.17, 15) is 9.59 Å². The van der Waals surface area contributed by atoms with Crippen molar-refractivity contribution < 1.29 is 9.59 Å². The van der Waals surface area contributed by atoms with Crippen LogP contribution >= 0.6 is 0 Å². The van der Waals surface area contributed by atoms with E-state index in [1.54, 1.807) is 4.90 Å². The van der Waals surface area contributed by atoms with Crippen molar-refractivity contribution in [1.82, 2.24) is 15.5 Å². The number of nitrogens with two attached hydrogens (primary N) is 1. The maximum absolute atomic E-state index is 12.3. The van der Waals surface area contributed by atoms with Crippen LogP contribution in [0.2, 0.25) is 0 Å². The molecule has 112 valence electrons. The number of carbonyl (C=O) groups is 2. The number of rotatable bonds is 2. The predicted molar refractivity (Wildman–Crippen MR) is 75.0 cm³/mol. The molecule has 0 bridgehead atoms. The normalized spacial score (nSPS) is 36.7. The monoisotopic (exact) mass is 280 g/mol. The third-order valence-electron chi connectivity index (χ3n) is 5.03. The number of nitrogens with one attached hydrogen (secondary N) is 2. The highest BCUT2D eigenvalue weighted by molar-refractivity contribution is 5.82. The SMILES string of the molecule is NC(=O)N1CCC(NC(=O)C2CC3CCCCC3N2)C1. The molecule has 2 aliphatic heterocycles. The summed E-state index contributed by atoms with van der Waals surface area (Å²) in [6.07, 6.45) is 6.79. The predicted octanol–water partition coefficient (Wildman–Crippen LogP) is 0.176. The molecule has 0 aromatic rings. The van der Waals surface area contributed by atoms with Crippen molar-refractivity contribution in [3.8, 4) is 0 Å². The molecule has 3 amide bonds. The fourth-order valence-electron chi connectivity index (χ4n) is 3.90. The molecule has 4 atom stereocenters. The zero-order valence-corrected chi connectivity index (χ0v) is 11.8. The molecular formula is C14H24N4O2. The molecule has 0 spiro atoms. The summed E-state index contributed by atoms with van der Waals surface area (Å²) in [5.74, 6) is 0.765. The van der Waals surface area contributed by atoms with Gasteiger partial charge in [-0.1, -0.05) is 12.8 Å². The zero-order valence-electron chi connectivity index (χ0n) is 11.8. The van der Waals surface area contributed by atoms with Crippen LogP contribution in [0.4, 0.5) is 4.79 Å². The Morgan fingerprint density at radius 1 is 1.20 bits per heavy atom. The van der Waals surface area contributed by atoms with Gasteiger partial charge in [0.2, 0.25) is 5.91 Å². The van der Waals surface area contributed by atoms with Crippen molar-refractivity contribution in [3.63, 3.8) is 0 Å². The van der Waals surface area contributed by atoms with Gasteiger partial charge < -0.3 is 21.3 Å². The minimum absolute atomic E-state index is 0.0503. The second-order valence-electron chi connectivity index (χ2n) is 6.38. The van der Waals surface area contributed by atoms with E-state index in [-0.39, 0.29) is 18.0 Å². The van der Waals surface area contributed by atoms with Crippen LogP contribution < -0.4 is 16.4 Å². The Labute approximate surface area is 119 Å². The number of hydrogen-bond donors (Lipinski definition) is 3. The molecule has 0 aromatic heterocycles. The second-order valence-corrected chi connectivity index (χ2v) is 6.38. The molecule has 6 heteroatoms. The highest BCUT2D eigenvalue weighted by atomic mass is 16.2. The number of hydrogen-bond acceptors (Lipinski definition) is 3. The smallest absolute Gasteiger partial charge is 0.314 e. The molecular weight excluding hydrogens is 256 g/mol. The first kappa shape index (κ1) is 13.7. The van der Waals surface area contributed by atoms with Crippen LogP contribution in [0.15, 0.2) is 0 Å². The number of primary amides is 1. The summed E-state index contributed by atoms with van der Waals surface area (Å²) >= 11 is 0. The molecule has 1 aliphatic carbocycles. The Hall–Kier alpha value is -1.30. The number of likely N-dealkylation sites (tertiary alicyclic amines) is 1. The van der Waals surface area contributed by atoms with Crippen molar-refractivity contribution in [2.45, 2.75) is 56.7 Å². The van der Waals surface area contributed by atoms with E-state index < -0.39 is 6.03 Å². The first-order valence-electron chi connectivity index (χ1n) is 7.74. The van der Waals surface area contributed by atoms with E-state index >= 15 is 0 Å². The Kier molecular flexibility index (Phi) is 3.83. The van der Waals surface area contributed by atoms with E-state index in [1.807, 2.05) is 0 Å². The minimum atomic E-state index is -0.397. The quantitative estimate of drug-likeness (QED) is 0.674. The Bertz CT molecular complexity index is 387. The zero-order chi connectivity index (χ0) is 14.1. The third-order valence-corrected chi connectivity index (χ3v) is 5.03. The fourth-order valence-corrected chi connectivity index (χ4v) is 3.90. The van der Waals surface area contributed by atoms with Gasteiger partial charge in [-0.15, -0.1) is 0 Å². The van der Waals surface area contributed by atoms with E-state index in [1.165, 1.54) is 25.7 Å². The lowest BCUT2D eigenvalue weighted by atomic mass is 9.85. The summed E-state index contributed by atoms with van der Waals surface area (Å²) < 4.78 is 0. The highest BCUT2D eigenvalue weighted by Crippen LogP contribution is 2.33. The lowest BCUT2D eigenvalue weighted by Gasteiger charge is -2.24. The summed E-state index contributed by atoms with van der Waals surface area (Å²) in [5.41, 5.74) is 5.25. The van der Waals surface area contributed by atoms with Crippen molar-refractivity contribution in [1.29, 1.82) is 0 Å². The maximum Gasteiger partial charge on any atom is 0.314 e. The molecule has 3 rings (SSSR count). The second kappa shape index (κ2) is 5.60. The molecule has 0 aromatic carbocycles. The molecule has 6 nitrogen and oxygen atoms in total. The molecule has 1 saturated carbocycles. The molecule has 3 aliphatic rings. The van der Waals surface area contributed by atoms with Crippen LogP contribution in [0, 0.1) is 5.92 Å². The molecule has 0 radical (unpaired) electrons. The average Bonchev–Trinajstić information content (AvgIpc) is 3.04. The van der Waals surface area contributed by atoms with Gasteiger partial charge in [0.25, 0.3) is 0 Å². The number of nitrogens with zero attached hydrogens (tertiary/aromatic N) is 1. The highest BCUT2D eigenvalue weighted by Gasteiger charge is 2.39. The van der Waals surface area contributed by atoms with E-state index in [0.717, 1.165) is 12.8 Å². The molecule has 4 unspecified atom stereocenters. The number of carbonyl (C=O) groups excluding carboxylic acids is 2. The van der Waals surface area contributed by atoms with E-state index in [0.29, 0.717) is 25.0 Å². The molecule has 20 heavy (non-hydrogen) atoms.